The molecule has 0 radical (unpaired) electrons. The summed E-state index contributed by atoms with van der Waals surface area (Å²) in [4.78, 5) is 13.3. The molecule has 3 rings (SSSR count). The number of rotatable bonds is 4. The Bertz CT molecular complexity index is 761. The Morgan fingerprint density at radius 1 is 0.818 bits per heavy atom. The summed E-state index contributed by atoms with van der Waals surface area (Å²) in [5, 5.41) is 0.672. The van der Waals surface area contributed by atoms with Crippen LogP contribution in [-0.2, 0) is 0 Å². The third kappa shape index (κ3) is 3.23. The summed E-state index contributed by atoms with van der Waals surface area (Å²) in [6, 6.07) is 17.4. The highest BCUT2D eigenvalue weighted by atomic mass is 35.5. The van der Waals surface area contributed by atoms with Crippen LogP contribution in [0.15, 0.2) is 54.6 Å². The number of halogens is 1. The van der Waals surface area contributed by atoms with Crippen molar-refractivity contribution in [3.8, 4) is 28.8 Å². The van der Waals surface area contributed by atoms with Crippen LogP contribution in [0.2, 0.25) is 5.02 Å². The maximum absolute atomic E-state index is 5.93. The predicted molar refractivity (Wildman–Crippen MR) is 86.9 cm³/mol. The van der Waals surface area contributed by atoms with Gasteiger partial charge in [0.1, 0.15) is 0 Å². The molecule has 0 spiro atoms. The number of benzene rings is 2. The Morgan fingerprint density at radius 3 is 2.00 bits per heavy atom. The maximum Gasteiger partial charge on any atom is 0.320 e. The molecule has 2 aromatic carbocycles. The van der Waals surface area contributed by atoms with Gasteiger partial charge in [-0.3, -0.25) is 0 Å². The zero-order valence-electron chi connectivity index (χ0n) is 12.0. The van der Waals surface area contributed by atoms with E-state index in [9.17, 15) is 0 Å². The van der Waals surface area contributed by atoms with Crippen LogP contribution in [0.3, 0.4) is 0 Å². The van der Waals surface area contributed by atoms with Crippen molar-refractivity contribution in [2.75, 3.05) is 6.61 Å². The highest BCUT2D eigenvalue weighted by Gasteiger charge is 2.10. The van der Waals surface area contributed by atoms with Crippen molar-refractivity contribution in [1.29, 1.82) is 0 Å². The molecule has 4 nitrogen and oxygen atoms in total. The van der Waals surface area contributed by atoms with Crippen LogP contribution in [0.25, 0.3) is 22.8 Å². The topological polar surface area (TPSA) is 47.9 Å². The van der Waals surface area contributed by atoms with Crippen molar-refractivity contribution in [3.63, 3.8) is 0 Å². The molecule has 110 valence electrons. The van der Waals surface area contributed by atoms with E-state index in [1.165, 1.54) is 0 Å². The lowest BCUT2D eigenvalue weighted by Gasteiger charge is -2.07. The summed E-state index contributed by atoms with van der Waals surface area (Å²) in [6.45, 7) is 2.40. The highest BCUT2D eigenvalue weighted by molar-refractivity contribution is 6.30. The van der Waals surface area contributed by atoms with Crippen molar-refractivity contribution in [1.82, 2.24) is 15.0 Å². The Kier molecular flexibility index (Phi) is 4.30. The Hall–Kier alpha value is -2.46. The van der Waals surface area contributed by atoms with Gasteiger partial charge in [0.2, 0.25) is 0 Å². The normalized spacial score (nSPS) is 10.5. The number of hydrogen-bond acceptors (Lipinski definition) is 4. The zero-order valence-corrected chi connectivity index (χ0v) is 12.8. The van der Waals surface area contributed by atoms with E-state index < -0.39 is 0 Å². The summed E-state index contributed by atoms with van der Waals surface area (Å²) in [6.07, 6.45) is 0. The SMILES string of the molecule is CCOc1nc(-c2ccccc2)nc(-c2ccc(Cl)cc2)n1. The summed E-state index contributed by atoms with van der Waals surface area (Å²) < 4.78 is 5.47. The number of ether oxygens (including phenoxy) is 1. The van der Waals surface area contributed by atoms with E-state index in [0.29, 0.717) is 29.3 Å². The third-order valence-electron chi connectivity index (χ3n) is 3.02. The van der Waals surface area contributed by atoms with Crippen molar-refractivity contribution >= 4 is 11.6 Å². The Morgan fingerprint density at radius 2 is 1.41 bits per heavy atom. The molecule has 0 amide bonds. The van der Waals surface area contributed by atoms with Gasteiger partial charge in [-0.1, -0.05) is 41.9 Å². The van der Waals surface area contributed by atoms with Crippen LogP contribution in [-0.4, -0.2) is 21.6 Å². The first-order valence-corrected chi connectivity index (χ1v) is 7.34. The minimum absolute atomic E-state index is 0.321. The molecule has 5 heteroatoms. The third-order valence-corrected chi connectivity index (χ3v) is 3.27. The molecule has 1 heterocycles. The molecule has 0 saturated carbocycles. The average molecular weight is 312 g/mol. The van der Waals surface area contributed by atoms with Crippen molar-refractivity contribution in [2.24, 2.45) is 0 Å². The summed E-state index contributed by atoms with van der Waals surface area (Å²) in [5.41, 5.74) is 1.78. The van der Waals surface area contributed by atoms with Crippen molar-refractivity contribution in [2.45, 2.75) is 6.92 Å². The zero-order chi connectivity index (χ0) is 15.4. The summed E-state index contributed by atoms with van der Waals surface area (Å²) >= 11 is 5.93. The fourth-order valence-electron chi connectivity index (χ4n) is 1.99. The average Bonchev–Trinajstić information content (AvgIpc) is 2.56. The first-order valence-electron chi connectivity index (χ1n) is 6.96. The monoisotopic (exact) mass is 311 g/mol. The smallest absolute Gasteiger partial charge is 0.320 e. The van der Waals surface area contributed by atoms with Gasteiger partial charge in [-0.15, -0.1) is 0 Å². The van der Waals surface area contributed by atoms with Crippen LogP contribution < -0.4 is 4.74 Å². The second-order valence-corrected chi connectivity index (χ2v) is 5.01. The van der Waals surface area contributed by atoms with Gasteiger partial charge in [0.25, 0.3) is 0 Å². The Balaban J connectivity index is 2.09. The van der Waals surface area contributed by atoms with Gasteiger partial charge >= 0.3 is 6.01 Å². The molecule has 0 N–H and O–H groups in total. The quantitative estimate of drug-likeness (QED) is 0.722. The molecule has 1 aromatic heterocycles. The summed E-state index contributed by atoms with van der Waals surface area (Å²) in [5.74, 6) is 1.15. The van der Waals surface area contributed by atoms with E-state index in [0.717, 1.165) is 11.1 Å². The minimum Gasteiger partial charge on any atom is -0.464 e. The molecule has 3 aromatic rings. The van der Waals surface area contributed by atoms with Crippen LogP contribution in [0.4, 0.5) is 0 Å². The maximum atomic E-state index is 5.93. The number of aromatic nitrogens is 3. The number of hydrogen-bond donors (Lipinski definition) is 0. The largest absolute Gasteiger partial charge is 0.464 e. The van der Waals surface area contributed by atoms with Crippen LogP contribution in [0.1, 0.15) is 6.92 Å². The Labute approximate surface area is 133 Å². The molecule has 0 aliphatic heterocycles. The highest BCUT2D eigenvalue weighted by Crippen LogP contribution is 2.23. The molecule has 0 bridgehead atoms. The predicted octanol–water partition coefficient (Wildman–Crippen LogP) is 4.26. The van der Waals surface area contributed by atoms with Crippen LogP contribution >= 0.6 is 11.6 Å². The second kappa shape index (κ2) is 6.54. The fraction of sp³-hybridized carbons (Fsp3) is 0.118. The lowest BCUT2D eigenvalue weighted by molar-refractivity contribution is 0.312. The van der Waals surface area contributed by atoms with E-state index >= 15 is 0 Å². The number of nitrogens with zero attached hydrogens (tertiary/aromatic N) is 3. The van der Waals surface area contributed by atoms with Gasteiger partial charge in [0, 0.05) is 16.1 Å². The van der Waals surface area contributed by atoms with Gasteiger partial charge in [-0.2, -0.15) is 9.97 Å². The first kappa shape index (κ1) is 14.5. The van der Waals surface area contributed by atoms with Crippen LogP contribution in [0, 0.1) is 0 Å². The van der Waals surface area contributed by atoms with E-state index in [2.05, 4.69) is 15.0 Å². The minimum atomic E-state index is 0.321. The van der Waals surface area contributed by atoms with Gasteiger partial charge in [0.15, 0.2) is 11.6 Å². The second-order valence-electron chi connectivity index (χ2n) is 4.57. The van der Waals surface area contributed by atoms with E-state index in [1.54, 1.807) is 0 Å². The van der Waals surface area contributed by atoms with Gasteiger partial charge in [-0.05, 0) is 31.2 Å². The van der Waals surface area contributed by atoms with E-state index in [4.69, 9.17) is 16.3 Å². The molecular formula is C17H14ClN3O. The molecule has 0 aliphatic rings. The van der Waals surface area contributed by atoms with Gasteiger partial charge in [0.05, 0.1) is 6.61 Å². The molecular weight excluding hydrogens is 298 g/mol. The molecule has 0 saturated heterocycles. The molecule has 0 atom stereocenters. The molecule has 0 fully saturated rings. The van der Waals surface area contributed by atoms with Crippen molar-refractivity contribution < 1.29 is 4.74 Å². The van der Waals surface area contributed by atoms with E-state index in [1.807, 2.05) is 61.5 Å². The molecule has 22 heavy (non-hydrogen) atoms. The standard InChI is InChI=1S/C17H14ClN3O/c1-2-22-17-20-15(12-6-4-3-5-7-12)19-16(21-17)13-8-10-14(18)11-9-13/h3-11H,2H2,1H3. The van der Waals surface area contributed by atoms with Crippen LogP contribution in [0.5, 0.6) is 6.01 Å². The van der Waals surface area contributed by atoms with Crippen molar-refractivity contribution in [3.05, 3.63) is 59.6 Å². The first-order chi connectivity index (χ1) is 10.8. The molecule has 0 aliphatic carbocycles. The lowest BCUT2D eigenvalue weighted by Crippen LogP contribution is -2.03. The molecule has 0 unspecified atom stereocenters. The summed E-state index contributed by atoms with van der Waals surface area (Å²) in [7, 11) is 0. The lowest BCUT2D eigenvalue weighted by atomic mass is 10.2. The fourth-order valence-corrected chi connectivity index (χ4v) is 2.12. The van der Waals surface area contributed by atoms with E-state index in [-0.39, 0.29) is 0 Å². The van der Waals surface area contributed by atoms with Gasteiger partial charge in [-0.25, -0.2) is 4.98 Å². The van der Waals surface area contributed by atoms with Gasteiger partial charge < -0.3 is 4.74 Å².